The maximum absolute atomic E-state index is 11.8. The van der Waals surface area contributed by atoms with Gasteiger partial charge in [-0.05, 0) is 50.3 Å². The number of aryl methyl sites for hydroxylation is 1. The van der Waals surface area contributed by atoms with Crippen LogP contribution in [0.5, 0.6) is 5.75 Å². The molecule has 2 aliphatic rings. The quantitative estimate of drug-likeness (QED) is 0.795. The van der Waals surface area contributed by atoms with Crippen molar-refractivity contribution < 1.29 is 9.53 Å². The zero-order valence-electron chi connectivity index (χ0n) is 17.6. The third kappa shape index (κ3) is 4.21. The van der Waals surface area contributed by atoms with Crippen molar-refractivity contribution in [2.24, 2.45) is 0 Å². The smallest absolute Gasteiger partial charge is 0.219 e. The Labute approximate surface area is 172 Å². The van der Waals surface area contributed by atoms with E-state index < -0.39 is 0 Å². The number of hydrogen-bond donors (Lipinski definition) is 0. The number of ether oxygens (including phenoxy) is 1. The van der Waals surface area contributed by atoms with Crippen molar-refractivity contribution in [3.63, 3.8) is 0 Å². The summed E-state index contributed by atoms with van der Waals surface area (Å²) < 4.78 is 5.38. The molecule has 0 N–H and O–H groups in total. The van der Waals surface area contributed by atoms with Crippen LogP contribution >= 0.6 is 0 Å². The standard InChI is InChI=1S/C23H30N4O2/c1-16-21-10-6-12-27(14-18-7-4-9-20(13-18)29-3)23(21)25-22(24-16)19-8-5-11-26(15-19)17(2)28/h4,7,9,13,19H,5-6,8,10-12,14-15H2,1-3H3/t19-/m1/s1. The first kappa shape index (κ1) is 19.7. The fourth-order valence-electron chi connectivity index (χ4n) is 4.51. The number of rotatable bonds is 4. The highest BCUT2D eigenvalue weighted by Gasteiger charge is 2.28. The summed E-state index contributed by atoms with van der Waals surface area (Å²) in [6.45, 7) is 7.12. The molecule has 1 aromatic carbocycles. The zero-order valence-corrected chi connectivity index (χ0v) is 17.6. The molecule has 1 atom stereocenters. The van der Waals surface area contributed by atoms with Gasteiger partial charge < -0.3 is 14.5 Å². The average molecular weight is 395 g/mol. The van der Waals surface area contributed by atoms with Gasteiger partial charge in [0.05, 0.1) is 7.11 Å². The van der Waals surface area contributed by atoms with Crippen LogP contribution in [0, 0.1) is 6.92 Å². The Morgan fingerprint density at radius 1 is 1.24 bits per heavy atom. The van der Waals surface area contributed by atoms with Crippen LogP contribution in [0.2, 0.25) is 0 Å². The maximum atomic E-state index is 11.8. The van der Waals surface area contributed by atoms with E-state index >= 15 is 0 Å². The number of benzene rings is 1. The van der Waals surface area contributed by atoms with Crippen molar-refractivity contribution in [3.8, 4) is 5.75 Å². The molecule has 1 aromatic heterocycles. The summed E-state index contributed by atoms with van der Waals surface area (Å²) in [6, 6.07) is 8.24. The molecule has 0 radical (unpaired) electrons. The predicted octanol–water partition coefficient (Wildman–Crippen LogP) is 3.47. The Balaban J connectivity index is 1.62. The van der Waals surface area contributed by atoms with E-state index in [0.29, 0.717) is 0 Å². The lowest BCUT2D eigenvalue weighted by molar-refractivity contribution is -0.130. The van der Waals surface area contributed by atoms with Gasteiger partial charge in [-0.25, -0.2) is 9.97 Å². The van der Waals surface area contributed by atoms with Gasteiger partial charge in [-0.3, -0.25) is 4.79 Å². The normalized spacial score (nSPS) is 19.1. The van der Waals surface area contributed by atoms with Gasteiger partial charge in [0.1, 0.15) is 17.4 Å². The molecule has 154 valence electrons. The maximum Gasteiger partial charge on any atom is 0.219 e. The summed E-state index contributed by atoms with van der Waals surface area (Å²) in [6.07, 6.45) is 4.19. The summed E-state index contributed by atoms with van der Waals surface area (Å²) in [7, 11) is 1.70. The van der Waals surface area contributed by atoms with Gasteiger partial charge >= 0.3 is 0 Å². The molecule has 3 heterocycles. The minimum atomic E-state index is 0.143. The molecule has 0 aliphatic carbocycles. The Hall–Kier alpha value is -2.63. The highest BCUT2D eigenvalue weighted by Crippen LogP contribution is 2.32. The van der Waals surface area contributed by atoms with Crippen LogP contribution in [0.4, 0.5) is 5.82 Å². The molecule has 1 saturated heterocycles. The Morgan fingerprint density at radius 3 is 2.90 bits per heavy atom. The van der Waals surface area contributed by atoms with Crippen LogP contribution in [0.15, 0.2) is 24.3 Å². The van der Waals surface area contributed by atoms with Crippen molar-refractivity contribution in [1.29, 1.82) is 0 Å². The highest BCUT2D eigenvalue weighted by molar-refractivity contribution is 5.73. The molecule has 0 spiro atoms. The first-order chi connectivity index (χ1) is 14.0. The fraction of sp³-hybridized carbons (Fsp3) is 0.522. The van der Waals surface area contributed by atoms with E-state index in [2.05, 4.69) is 24.0 Å². The molecule has 6 heteroatoms. The second-order valence-corrected chi connectivity index (χ2v) is 8.15. The number of fused-ring (bicyclic) bond motifs is 1. The molecular weight excluding hydrogens is 364 g/mol. The van der Waals surface area contributed by atoms with E-state index in [-0.39, 0.29) is 11.8 Å². The first-order valence-electron chi connectivity index (χ1n) is 10.6. The van der Waals surface area contributed by atoms with E-state index in [4.69, 9.17) is 14.7 Å². The van der Waals surface area contributed by atoms with Crippen molar-refractivity contribution in [2.75, 3.05) is 31.6 Å². The molecular formula is C23H30N4O2. The second kappa shape index (κ2) is 8.39. The van der Waals surface area contributed by atoms with Crippen molar-refractivity contribution in [3.05, 3.63) is 46.9 Å². The van der Waals surface area contributed by atoms with E-state index in [1.165, 1.54) is 11.1 Å². The molecule has 4 rings (SSSR count). The summed E-state index contributed by atoms with van der Waals surface area (Å²) in [5.41, 5.74) is 3.57. The molecule has 2 aromatic rings. The number of hydrogen-bond acceptors (Lipinski definition) is 5. The number of anilines is 1. The Morgan fingerprint density at radius 2 is 2.10 bits per heavy atom. The van der Waals surface area contributed by atoms with Gasteiger partial charge in [0, 0.05) is 50.3 Å². The number of carbonyl (C=O) groups excluding carboxylic acids is 1. The molecule has 29 heavy (non-hydrogen) atoms. The van der Waals surface area contributed by atoms with Gasteiger partial charge in [0.25, 0.3) is 0 Å². The SMILES string of the molecule is COc1cccc(CN2CCCc3c(C)nc([C@@H]4CCCN(C(C)=O)C4)nc32)c1. The largest absolute Gasteiger partial charge is 0.497 e. The van der Waals surface area contributed by atoms with Crippen LogP contribution in [-0.2, 0) is 17.8 Å². The van der Waals surface area contributed by atoms with E-state index in [1.54, 1.807) is 14.0 Å². The lowest BCUT2D eigenvalue weighted by atomic mass is 9.96. The lowest BCUT2D eigenvalue weighted by Gasteiger charge is -2.34. The molecule has 2 aliphatic heterocycles. The van der Waals surface area contributed by atoms with Crippen LogP contribution < -0.4 is 9.64 Å². The third-order valence-electron chi connectivity index (χ3n) is 6.10. The number of likely N-dealkylation sites (tertiary alicyclic amines) is 1. The lowest BCUT2D eigenvalue weighted by Crippen LogP contribution is -2.38. The van der Waals surface area contributed by atoms with E-state index in [9.17, 15) is 4.79 Å². The number of methoxy groups -OCH3 is 1. The van der Waals surface area contributed by atoms with Crippen LogP contribution in [0.25, 0.3) is 0 Å². The van der Waals surface area contributed by atoms with Crippen molar-refractivity contribution >= 4 is 11.7 Å². The number of aromatic nitrogens is 2. The van der Waals surface area contributed by atoms with Crippen molar-refractivity contribution in [1.82, 2.24) is 14.9 Å². The van der Waals surface area contributed by atoms with Gasteiger partial charge in [-0.1, -0.05) is 12.1 Å². The van der Waals surface area contributed by atoms with Gasteiger partial charge in [0.2, 0.25) is 5.91 Å². The number of piperidine rings is 1. The Kier molecular flexibility index (Phi) is 5.69. The number of nitrogens with zero attached hydrogens (tertiary/aromatic N) is 4. The summed E-state index contributed by atoms with van der Waals surface area (Å²) in [4.78, 5) is 26.1. The minimum Gasteiger partial charge on any atom is -0.497 e. The fourth-order valence-corrected chi connectivity index (χ4v) is 4.51. The van der Waals surface area contributed by atoms with Crippen molar-refractivity contribution in [2.45, 2.75) is 52.0 Å². The molecule has 6 nitrogen and oxygen atoms in total. The topological polar surface area (TPSA) is 58.6 Å². The van der Waals surface area contributed by atoms with Crippen LogP contribution in [0.3, 0.4) is 0 Å². The third-order valence-corrected chi connectivity index (χ3v) is 6.10. The summed E-state index contributed by atoms with van der Waals surface area (Å²) in [5, 5.41) is 0. The average Bonchev–Trinajstić information content (AvgIpc) is 2.74. The van der Waals surface area contributed by atoms with Crippen LogP contribution in [0.1, 0.15) is 54.7 Å². The number of carbonyl (C=O) groups is 1. The molecule has 0 bridgehead atoms. The monoisotopic (exact) mass is 394 g/mol. The minimum absolute atomic E-state index is 0.143. The Bertz CT molecular complexity index is 898. The first-order valence-corrected chi connectivity index (χ1v) is 10.6. The predicted molar refractivity (Wildman–Crippen MR) is 113 cm³/mol. The molecule has 1 amide bonds. The van der Waals surface area contributed by atoms with E-state index in [1.807, 2.05) is 17.0 Å². The molecule has 0 unspecified atom stereocenters. The highest BCUT2D eigenvalue weighted by atomic mass is 16.5. The zero-order chi connectivity index (χ0) is 20.4. The summed E-state index contributed by atoms with van der Waals surface area (Å²) in [5.74, 6) is 3.21. The van der Waals surface area contributed by atoms with E-state index in [0.717, 1.165) is 74.9 Å². The number of amides is 1. The van der Waals surface area contributed by atoms with Crippen LogP contribution in [-0.4, -0.2) is 47.5 Å². The second-order valence-electron chi connectivity index (χ2n) is 8.15. The summed E-state index contributed by atoms with van der Waals surface area (Å²) >= 11 is 0. The van der Waals surface area contributed by atoms with Gasteiger partial charge in [0.15, 0.2) is 0 Å². The molecule has 0 saturated carbocycles. The van der Waals surface area contributed by atoms with Gasteiger partial charge in [-0.2, -0.15) is 0 Å². The van der Waals surface area contributed by atoms with Gasteiger partial charge in [-0.15, -0.1) is 0 Å². The molecule has 1 fully saturated rings.